The average Bonchev–Trinajstić information content (AvgIpc) is 2.24. The fourth-order valence-electron chi connectivity index (χ4n) is 1.70. The largest absolute Gasteiger partial charge is 0.374 e. The highest BCUT2D eigenvalue weighted by Crippen LogP contribution is 2.14. The molecule has 0 aliphatic rings. The van der Waals surface area contributed by atoms with Crippen molar-refractivity contribution >= 4 is 11.6 Å². The molecule has 17 heavy (non-hydrogen) atoms. The van der Waals surface area contributed by atoms with E-state index < -0.39 is 0 Å². The van der Waals surface area contributed by atoms with E-state index in [-0.39, 0.29) is 11.9 Å². The molecule has 3 heteroatoms. The average molecular weight is 232 g/mol. The molecule has 0 saturated carbocycles. The number of aryl methyl sites for hydroxylation is 2. The molecule has 1 unspecified atom stereocenters. The zero-order valence-electron chi connectivity index (χ0n) is 10.7. The van der Waals surface area contributed by atoms with Crippen LogP contribution in [-0.2, 0) is 4.79 Å². The number of carbonyl (C=O) groups excluding carboxylic acids is 1. The summed E-state index contributed by atoms with van der Waals surface area (Å²) in [6.45, 7) is 9.99. The van der Waals surface area contributed by atoms with Crippen LogP contribution >= 0.6 is 0 Å². The molecule has 0 fully saturated rings. The molecule has 0 aliphatic heterocycles. The minimum Gasteiger partial charge on any atom is -0.374 e. The van der Waals surface area contributed by atoms with Gasteiger partial charge in [-0.25, -0.2) is 0 Å². The monoisotopic (exact) mass is 232 g/mol. The van der Waals surface area contributed by atoms with E-state index >= 15 is 0 Å². The summed E-state index contributed by atoms with van der Waals surface area (Å²) in [5.74, 6) is -0.0240. The van der Waals surface area contributed by atoms with Crippen molar-refractivity contribution < 1.29 is 4.79 Å². The van der Waals surface area contributed by atoms with Crippen LogP contribution < -0.4 is 10.6 Å². The first-order valence-corrected chi connectivity index (χ1v) is 5.76. The second-order valence-electron chi connectivity index (χ2n) is 4.28. The molecular formula is C14H20N2O. The normalized spacial score (nSPS) is 11.7. The van der Waals surface area contributed by atoms with Gasteiger partial charge in [-0.15, -0.1) is 6.58 Å². The molecule has 1 rings (SSSR count). The lowest BCUT2D eigenvalue weighted by molar-refractivity contribution is -0.121. The van der Waals surface area contributed by atoms with Crippen molar-refractivity contribution in [3.05, 3.63) is 42.0 Å². The molecule has 2 N–H and O–H groups in total. The Morgan fingerprint density at radius 2 is 1.94 bits per heavy atom. The first-order valence-electron chi connectivity index (χ1n) is 5.76. The van der Waals surface area contributed by atoms with Gasteiger partial charge in [-0.05, 0) is 44.0 Å². The van der Waals surface area contributed by atoms with Gasteiger partial charge in [0.15, 0.2) is 0 Å². The van der Waals surface area contributed by atoms with Gasteiger partial charge < -0.3 is 10.6 Å². The molecule has 1 atom stereocenters. The highest BCUT2D eigenvalue weighted by Gasteiger charge is 2.11. The third-order valence-electron chi connectivity index (χ3n) is 2.42. The van der Waals surface area contributed by atoms with Gasteiger partial charge in [0.2, 0.25) is 5.91 Å². The Labute approximate surface area is 103 Å². The first kappa shape index (κ1) is 13.3. The number of anilines is 1. The van der Waals surface area contributed by atoms with Crippen LogP contribution in [0.1, 0.15) is 18.1 Å². The van der Waals surface area contributed by atoms with E-state index in [2.05, 4.69) is 23.3 Å². The molecular weight excluding hydrogens is 212 g/mol. The lowest BCUT2D eigenvalue weighted by Crippen LogP contribution is -2.37. The Hall–Kier alpha value is -1.77. The molecule has 1 aromatic rings. The highest BCUT2D eigenvalue weighted by molar-refractivity contribution is 5.84. The second-order valence-corrected chi connectivity index (χ2v) is 4.28. The molecule has 0 aromatic heterocycles. The third-order valence-corrected chi connectivity index (χ3v) is 2.42. The molecule has 1 amide bonds. The number of carbonyl (C=O) groups is 1. The molecule has 92 valence electrons. The van der Waals surface area contributed by atoms with Gasteiger partial charge in [0.25, 0.3) is 0 Å². The zero-order valence-corrected chi connectivity index (χ0v) is 10.7. The van der Waals surface area contributed by atoms with Crippen LogP contribution in [0.4, 0.5) is 5.69 Å². The fourth-order valence-corrected chi connectivity index (χ4v) is 1.70. The molecule has 1 aromatic carbocycles. The number of hydrogen-bond acceptors (Lipinski definition) is 2. The van der Waals surface area contributed by atoms with Crippen LogP contribution in [0.5, 0.6) is 0 Å². The van der Waals surface area contributed by atoms with E-state index in [9.17, 15) is 4.79 Å². The summed E-state index contributed by atoms with van der Waals surface area (Å²) in [5.41, 5.74) is 3.35. The Morgan fingerprint density at radius 3 is 2.47 bits per heavy atom. The van der Waals surface area contributed by atoms with Crippen molar-refractivity contribution in [2.75, 3.05) is 11.9 Å². The highest BCUT2D eigenvalue weighted by atomic mass is 16.2. The Kier molecular flexibility index (Phi) is 4.76. The fraction of sp³-hybridized carbons (Fsp3) is 0.357. The summed E-state index contributed by atoms with van der Waals surface area (Å²) in [4.78, 5) is 11.7. The van der Waals surface area contributed by atoms with E-state index in [1.807, 2.05) is 32.9 Å². The van der Waals surface area contributed by atoms with Gasteiger partial charge in [0.05, 0.1) is 0 Å². The predicted octanol–water partition coefficient (Wildman–Crippen LogP) is 2.41. The topological polar surface area (TPSA) is 41.1 Å². The SMILES string of the molecule is C=CCNC(=O)C(C)Nc1cc(C)cc(C)c1. The number of hydrogen-bond donors (Lipinski definition) is 2. The number of rotatable bonds is 5. The molecule has 0 saturated heterocycles. The van der Waals surface area contributed by atoms with Crippen molar-refractivity contribution in [1.82, 2.24) is 5.32 Å². The number of amides is 1. The lowest BCUT2D eigenvalue weighted by atomic mass is 10.1. The zero-order chi connectivity index (χ0) is 12.8. The van der Waals surface area contributed by atoms with Gasteiger partial charge in [0.1, 0.15) is 6.04 Å². The minimum atomic E-state index is -0.254. The summed E-state index contributed by atoms with van der Waals surface area (Å²) < 4.78 is 0. The van der Waals surface area contributed by atoms with E-state index in [1.54, 1.807) is 6.08 Å². The Bertz CT molecular complexity index is 392. The van der Waals surface area contributed by atoms with Crippen molar-refractivity contribution in [1.29, 1.82) is 0 Å². The molecule has 0 radical (unpaired) electrons. The van der Waals surface area contributed by atoms with Crippen molar-refractivity contribution in [3.8, 4) is 0 Å². The molecule has 0 heterocycles. The molecule has 0 spiro atoms. The van der Waals surface area contributed by atoms with Gasteiger partial charge in [-0.2, -0.15) is 0 Å². The number of nitrogens with one attached hydrogen (secondary N) is 2. The third kappa shape index (κ3) is 4.31. The van der Waals surface area contributed by atoms with E-state index in [1.165, 1.54) is 11.1 Å². The van der Waals surface area contributed by atoms with Gasteiger partial charge >= 0.3 is 0 Å². The van der Waals surface area contributed by atoms with Gasteiger partial charge in [-0.1, -0.05) is 12.1 Å². The van der Waals surface area contributed by atoms with E-state index in [0.717, 1.165) is 5.69 Å². The van der Waals surface area contributed by atoms with Crippen molar-refractivity contribution in [3.63, 3.8) is 0 Å². The van der Waals surface area contributed by atoms with Crippen LogP contribution in [0.15, 0.2) is 30.9 Å². The maximum Gasteiger partial charge on any atom is 0.242 e. The van der Waals surface area contributed by atoms with Crippen LogP contribution in [0.3, 0.4) is 0 Å². The van der Waals surface area contributed by atoms with Crippen LogP contribution in [0.25, 0.3) is 0 Å². The summed E-state index contributed by atoms with van der Waals surface area (Å²) in [5, 5.41) is 5.95. The summed E-state index contributed by atoms with van der Waals surface area (Å²) >= 11 is 0. The van der Waals surface area contributed by atoms with Gasteiger partial charge in [-0.3, -0.25) is 4.79 Å². The molecule has 0 bridgehead atoms. The summed E-state index contributed by atoms with van der Waals surface area (Å²) in [6.07, 6.45) is 1.67. The minimum absolute atomic E-state index is 0.0240. The predicted molar refractivity (Wildman–Crippen MR) is 72.2 cm³/mol. The van der Waals surface area contributed by atoms with Crippen molar-refractivity contribution in [2.24, 2.45) is 0 Å². The molecule has 3 nitrogen and oxygen atoms in total. The van der Waals surface area contributed by atoms with Crippen LogP contribution in [-0.4, -0.2) is 18.5 Å². The van der Waals surface area contributed by atoms with Crippen LogP contribution in [0, 0.1) is 13.8 Å². The smallest absolute Gasteiger partial charge is 0.242 e. The summed E-state index contributed by atoms with van der Waals surface area (Å²) in [6, 6.07) is 5.92. The Morgan fingerprint density at radius 1 is 1.35 bits per heavy atom. The molecule has 0 aliphatic carbocycles. The maximum atomic E-state index is 11.7. The summed E-state index contributed by atoms with van der Waals surface area (Å²) in [7, 11) is 0. The second kappa shape index (κ2) is 6.09. The van der Waals surface area contributed by atoms with Crippen LogP contribution in [0.2, 0.25) is 0 Å². The lowest BCUT2D eigenvalue weighted by Gasteiger charge is -2.15. The first-order chi connectivity index (χ1) is 8.02. The Balaban J connectivity index is 2.63. The number of benzene rings is 1. The standard InChI is InChI=1S/C14H20N2O/c1-5-6-15-14(17)12(4)16-13-8-10(2)7-11(3)9-13/h5,7-9,12,16H,1,6H2,2-4H3,(H,15,17). The van der Waals surface area contributed by atoms with E-state index in [0.29, 0.717) is 6.54 Å². The maximum absolute atomic E-state index is 11.7. The quantitative estimate of drug-likeness (QED) is 0.765. The van der Waals surface area contributed by atoms with Crippen molar-refractivity contribution in [2.45, 2.75) is 26.8 Å². The van der Waals surface area contributed by atoms with Gasteiger partial charge in [0, 0.05) is 12.2 Å². The van der Waals surface area contributed by atoms with E-state index in [4.69, 9.17) is 0 Å².